The first-order valence-corrected chi connectivity index (χ1v) is 14.2. The average Bonchev–Trinajstić information content (AvgIpc) is 2.97. The number of fused-ring (bicyclic) bond motifs is 1. The molecule has 4 atom stereocenters. The summed E-state index contributed by atoms with van der Waals surface area (Å²) >= 11 is 0. The third-order valence-corrected chi connectivity index (χ3v) is 12.0. The van der Waals surface area contributed by atoms with Gasteiger partial charge in [0.2, 0.25) is 0 Å². The van der Waals surface area contributed by atoms with E-state index in [0.29, 0.717) is 17.8 Å². The number of carbonyl (C=O) groups is 1. The Bertz CT molecular complexity index is 772. The second-order valence-corrected chi connectivity index (χ2v) is 15.8. The lowest BCUT2D eigenvalue weighted by Gasteiger charge is -2.48. The first kappa shape index (κ1) is 22.5. The van der Waals surface area contributed by atoms with Crippen molar-refractivity contribution in [3.8, 4) is 0 Å². The highest BCUT2D eigenvalue weighted by atomic mass is 28.4. The third kappa shape index (κ3) is 4.18. The van der Waals surface area contributed by atoms with Crippen LogP contribution in [0.5, 0.6) is 0 Å². The van der Waals surface area contributed by atoms with Crippen molar-refractivity contribution in [3.05, 3.63) is 23.0 Å². The van der Waals surface area contributed by atoms with E-state index in [-0.39, 0.29) is 16.9 Å². The molecular weight excluding hydrogens is 376 g/mol. The second-order valence-electron chi connectivity index (χ2n) is 11.1. The molecule has 0 bridgehead atoms. The van der Waals surface area contributed by atoms with Gasteiger partial charge in [-0.05, 0) is 61.2 Å². The molecule has 3 rings (SSSR count). The molecule has 1 aliphatic heterocycles. The van der Waals surface area contributed by atoms with Gasteiger partial charge in [0.15, 0.2) is 14.1 Å². The number of hydrogen-bond donors (Lipinski definition) is 0. The Morgan fingerprint density at radius 2 is 1.76 bits per heavy atom. The number of carbonyl (C=O) groups excluding carboxylic acids is 1. The van der Waals surface area contributed by atoms with Crippen LogP contribution in [-0.2, 0) is 10.8 Å². The van der Waals surface area contributed by atoms with Crippen LogP contribution >= 0.6 is 0 Å². The molecular formula is C24H40N2O2Si. The van der Waals surface area contributed by atoms with Crippen LogP contribution in [0, 0.1) is 11.8 Å². The maximum atomic E-state index is 12.4. The number of ketones is 1. The van der Waals surface area contributed by atoms with Crippen LogP contribution in [0.1, 0.15) is 82.4 Å². The van der Waals surface area contributed by atoms with E-state index in [1.54, 1.807) is 6.92 Å². The van der Waals surface area contributed by atoms with Gasteiger partial charge in [-0.25, -0.2) is 0 Å². The van der Waals surface area contributed by atoms with E-state index >= 15 is 0 Å². The second kappa shape index (κ2) is 7.81. The van der Waals surface area contributed by atoms with Crippen LogP contribution in [-0.4, -0.2) is 38.3 Å². The molecule has 4 nitrogen and oxygen atoms in total. The molecule has 0 radical (unpaired) electrons. The fourth-order valence-corrected chi connectivity index (χ4v) is 6.31. The molecule has 29 heavy (non-hydrogen) atoms. The Hall–Kier alpha value is -1.20. The highest BCUT2D eigenvalue weighted by Gasteiger charge is 2.44. The number of nitrogens with zero attached hydrogens (tertiary/aromatic N) is 2. The number of piperidine rings is 1. The van der Waals surface area contributed by atoms with E-state index in [4.69, 9.17) is 4.43 Å². The fraction of sp³-hybridized carbons (Fsp3) is 0.750. The first-order valence-electron chi connectivity index (χ1n) is 11.3. The molecule has 1 unspecified atom stereocenters. The monoisotopic (exact) mass is 416 g/mol. The summed E-state index contributed by atoms with van der Waals surface area (Å²) in [5.74, 6) is 1.46. The van der Waals surface area contributed by atoms with Gasteiger partial charge in [0.1, 0.15) is 0 Å². The Kier molecular flexibility index (Phi) is 6.05. The maximum Gasteiger partial charge on any atom is 0.192 e. The van der Waals surface area contributed by atoms with Gasteiger partial charge in [0.25, 0.3) is 0 Å². The third-order valence-electron chi connectivity index (χ3n) is 7.55. The smallest absolute Gasteiger partial charge is 0.192 e. The standard InChI is InChI=1S/C24H40N2O2Si/c1-15-10-11-19-21(15)25-12-20(18(4)27)22(19)26-13-16(2)23(17(3)14-26)28-29(8,9)24(5,6)7/h12,15-17,23H,10-11,13-14H2,1-9H3/t15-,16-,17+,23?/m1/s1. The SMILES string of the molecule is CC(=O)c1cnc2c(c1N1C[C@@H](C)C(O[Si](C)(C)C(C)(C)C)[C@@H](C)C1)CC[C@H]2C. The summed E-state index contributed by atoms with van der Waals surface area (Å²) in [7, 11) is -1.81. The predicted octanol–water partition coefficient (Wildman–Crippen LogP) is 5.82. The molecule has 0 amide bonds. The number of hydrogen-bond acceptors (Lipinski definition) is 4. The lowest BCUT2D eigenvalue weighted by Crippen LogP contribution is -2.54. The Morgan fingerprint density at radius 1 is 1.17 bits per heavy atom. The molecule has 162 valence electrons. The van der Waals surface area contributed by atoms with Crippen molar-refractivity contribution in [2.45, 2.75) is 91.5 Å². The summed E-state index contributed by atoms with van der Waals surface area (Å²) in [4.78, 5) is 19.6. The van der Waals surface area contributed by atoms with Gasteiger partial charge >= 0.3 is 0 Å². The summed E-state index contributed by atoms with van der Waals surface area (Å²) < 4.78 is 6.87. The quantitative estimate of drug-likeness (QED) is 0.458. The van der Waals surface area contributed by atoms with Crippen molar-refractivity contribution in [3.63, 3.8) is 0 Å². The zero-order valence-electron chi connectivity index (χ0n) is 19.9. The molecule has 1 aromatic heterocycles. The summed E-state index contributed by atoms with van der Waals surface area (Å²) in [6, 6.07) is 0. The van der Waals surface area contributed by atoms with Crippen molar-refractivity contribution in [1.29, 1.82) is 0 Å². The lowest BCUT2D eigenvalue weighted by atomic mass is 9.87. The van der Waals surface area contributed by atoms with Gasteiger partial charge in [-0.1, -0.05) is 41.5 Å². The summed E-state index contributed by atoms with van der Waals surface area (Å²) in [6.45, 7) is 22.1. The van der Waals surface area contributed by atoms with Gasteiger partial charge < -0.3 is 9.33 Å². The highest BCUT2D eigenvalue weighted by molar-refractivity contribution is 6.74. The van der Waals surface area contributed by atoms with Gasteiger partial charge in [0.05, 0.1) is 17.4 Å². The summed E-state index contributed by atoms with van der Waals surface area (Å²) in [5.41, 5.74) is 4.47. The van der Waals surface area contributed by atoms with Crippen LogP contribution in [0.4, 0.5) is 5.69 Å². The highest BCUT2D eigenvalue weighted by Crippen LogP contribution is 2.43. The van der Waals surface area contributed by atoms with Crippen LogP contribution in [0.15, 0.2) is 6.20 Å². The Balaban J connectivity index is 1.90. The predicted molar refractivity (Wildman–Crippen MR) is 124 cm³/mol. The normalized spacial score (nSPS) is 27.8. The van der Waals surface area contributed by atoms with Crippen LogP contribution in [0.2, 0.25) is 18.1 Å². The number of aromatic nitrogens is 1. The van der Waals surface area contributed by atoms with E-state index in [1.807, 2.05) is 6.20 Å². The minimum Gasteiger partial charge on any atom is -0.413 e. The number of rotatable bonds is 4. The summed E-state index contributed by atoms with van der Waals surface area (Å²) in [5, 5.41) is 0.216. The Labute approximate surface area is 178 Å². The minimum atomic E-state index is -1.81. The van der Waals surface area contributed by atoms with Crippen LogP contribution in [0.25, 0.3) is 0 Å². The molecule has 1 aromatic rings. The first-order chi connectivity index (χ1) is 13.3. The summed E-state index contributed by atoms with van der Waals surface area (Å²) in [6.07, 6.45) is 4.27. The zero-order valence-corrected chi connectivity index (χ0v) is 20.9. The molecule has 2 heterocycles. The number of Topliss-reactive ketones (excluding diaryl/α,β-unsaturated/α-hetero) is 1. The topological polar surface area (TPSA) is 42.4 Å². The van der Waals surface area contributed by atoms with E-state index in [9.17, 15) is 4.79 Å². The molecule has 0 N–H and O–H groups in total. The Morgan fingerprint density at radius 3 is 2.28 bits per heavy atom. The molecule has 0 aromatic carbocycles. The van der Waals surface area contributed by atoms with Gasteiger partial charge in [0, 0.05) is 25.0 Å². The molecule has 0 saturated carbocycles. The number of anilines is 1. The van der Waals surface area contributed by atoms with Gasteiger partial charge in [-0.15, -0.1) is 0 Å². The molecule has 5 heteroatoms. The van der Waals surface area contributed by atoms with Crippen molar-refractivity contribution in [2.75, 3.05) is 18.0 Å². The van der Waals surface area contributed by atoms with E-state index in [0.717, 1.165) is 37.2 Å². The van der Waals surface area contributed by atoms with Gasteiger partial charge in [-0.3, -0.25) is 9.78 Å². The molecule has 1 aliphatic carbocycles. The van der Waals surface area contributed by atoms with Gasteiger partial charge in [-0.2, -0.15) is 0 Å². The van der Waals surface area contributed by atoms with Crippen molar-refractivity contribution >= 4 is 19.8 Å². The maximum absolute atomic E-state index is 12.4. The zero-order chi connectivity index (χ0) is 21.7. The molecule has 1 saturated heterocycles. The molecule has 1 fully saturated rings. The lowest BCUT2D eigenvalue weighted by molar-refractivity contribution is 0.0626. The van der Waals surface area contributed by atoms with Crippen LogP contribution < -0.4 is 4.90 Å². The fourth-order valence-electron chi connectivity index (χ4n) is 4.81. The molecule has 0 spiro atoms. The van der Waals surface area contributed by atoms with Crippen LogP contribution in [0.3, 0.4) is 0 Å². The van der Waals surface area contributed by atoms with Crippen molar-refractivity contribution < 1.29 is 9.22 Å². The van der Waals surface area contributed by atoms with E-state index < -0.39 is 8.32 Å². The van der Waals surface area contributed by atoms with Crippen molar-refractivity contribution in [2.24, 2.45) is 11.8 Å². The largest absolute Gasteiger partial charge is 0.413 e. The van der Waals surface area contributed by atoms with E-state index in [1.165, 1.54) is 11.3 Å². The van der Waals surface area contributed by atoms with E-state index in [2.05, 4.69) is 64.5 Å². The average molecular weight is 417 g/mol. The number of pyridine rings is 1. The minimum absolute atomic E-state index is 0.120. The van der Waals surface area contributed by atoms with Crippen molar-refractivity contribution in [1.82, 2.24) is 4.98 Å². The molecule has 2 aliphatic rings.